The number of aryl methyl sites for hydroxylation is 1. The summed E-state index contributed by atoms with van der Waals surface area (Å²) in [5, 5.41) is 8.13. The number of nitrogens with one attached hydrogen (secondary N) is 1. The highest BCUT2D eigenvalue weighted by Gasteiger charge is 2.26. The van der Waals surface area contributed by atoms with Crippen LogP contribution in [0.3, 0.4) is 0 Å². The van der Waals surface area contributed by atoms with Crippen LogP contribution in [-0.2, 0) is 24.2 Å². The number of aromatic nitrogens is 2. The first kappa shape index (κ1) is 19.4. The molecule has 1 aromatic carbocycles. The van der Waals surface area contributed by atoms with Gasteiger partial charge in [0.2, 0.25) is 0 Å². The van der Waals surface area contributed by atoms with E-state index in [-0.39, 0.29) is 12.3 Å². The molecule has 0 bridgehead atoms. The van der Waals surface area contributed by atoms with E-state index in [2.05, 4.69) is 26.3 Å². The van der Waals surface area contributed by atoms with Crippen LogP contribution in [-0.4, -0.2) is 28.8 Å². The predicted molar refractivity (Wildman–Crippen MR) is 108 cm³/mol. The maximum absolute atomic E-state index is 12.6. The number of halogens is 1. The molecule has 0 saturated heterocycles. The van der Waals surface area contributed by atoms with Crippen molar-refractivity contribution in [2.24, 2.45) is 0 Å². The Balaban J connectivity index is 1.60. The van der Waals surface area contributed by atoms with Crippen LogP contribution >= 0.6 is 15.9 Å². The first-order valence-corrected chi connectivity index (χ1v) is 9.95. The van der Waals surface area contributed by atoms with Gasteiger partial charge in [-0.1, -0.05) is 22.0 Å². The van der Waals surface area contributed by atoms with Crippen LogP contribution < -0.4 is 10.9 Å². The predicted octanol–water partition coefficient (Wildman–Crippen LogP) is 2.80. The molecule has 2 aromatic heterocycles. The van der Waals surface area contributed by atoms with Gasteiger partial charge in [-0.05, 0) is 42.8 Å². The number of benzene rings is 1. The summed E-state index contributed by atoms with van der Waals surface area (Å²) in [6, 6.07) is 6.66. The molecule has 150 valence electrons. The Hall–Kier alpha value is -2.94. The molecule has 0 unspecified atom stereocenters. The molecule has 9 heteroatoms. The molecule has 0 aliphatic carbocycles. The maximum atomic E-state index is 12.6. The van der Waals surface area contributed by atoms with Crippen LogP contribution in [0, 0.1) is 0 Å². The van der Waals surface area contributed by atoms with Crippen molar-refractivity contribution in [2.75, 3.05) is 7.11 Å². The van der Waals surface area contributed by atoms with E-state index in [1.165, 1.54) is 13.2 Å². The van der Waals surface area contributed by atoms with Gasteiger partial charge in [-0.25, -0.2) is 9.59 Å². The smallest absolute Gasteiger partial charge is 0.344 e. The fourth-order valence-electron chi connectivity index (χ4n) is 3.53. The van der Waals surface area contributed by atoms with Crippen molar-refractivity contribution < 1.29 is 18.7 Å². The minimum atomic E-state index is -0.596. The molecular weight excluding hydrogens is 442 g/mol. The first-order chi connectivity index (χ1) is 14.0. The average Bonchev–Trinajstić information content (AvgIpc) is 3.10. The number of carbonyl (C=O) groups excluding carboxylic acids is 2. The second-order valence-electron chi connectivity index (χ2n) is 6.75. The number of fused-ring (bicyclic) bond motifs is 2. The zero-order valence-corrected chi connectivity index (χ0v) is 17.2. The second kappa shape index (κ2) is 7.82. The van der Waals surface area contributed by atoms with Gasteiger partial charge in [0.15, 0.2) is 5.76 Å². The SMILES string of the molecule is COC(=O)c1c(CNC(=O)c2cc3ccc(Br)cc3c(=O)o2)nn2c1CCCC2. The maximum Gasteiger partial charge on any atom is 0.344 e. The van der Waals surface area contributed by atoms with Crippen LogP contribution in [0.5, 0.6) is 0 Å². The summed E-state index contributed by atoms with van der Waals surface area (Å²) in [4.78, 5) is 37.0. The first-order valence-electron chi connectivity index (χ1n) is 9.16. The molecule has 29 heavy (non-hydrogen) atoms. The van der Waals surface area contributed by atoms with Gasteiger partial charge in [-0.15, -0.1) is 0 Å². The molecule has 0 atom stereocenters. The monoisotopic (exact) mass is 459 g/mol. The minimum absolute atomic E-state index is 0.0192. The molecule has 8 nitrogen and oxygen atoms in total. The zero-order chi connectivity index (χ0) is 20.5. The molecule has 0 spiro atoms. The van der Waals surface area contributed by atoms with E-state index < -0.39 is 17.5 Å². The summed E-state index contributed by atoms with van der Waals surface area (Å²) >= 11 is 3.31. The van der Waals surface area contributed by atoms with Gasteiger partial charge in [0, 0.05) is 11.0 Å². The number of nitrogens with zero attached hydrogens (tertiary/aromatic N) is 2. The van der Waals surface area contributed by atoms with Crippen LogP contribution in [0.25, 0.3) is 10.8 Å². The Bertz CT molecular complexity index is 1180. The third-order valence-electron chi connectivity index (χ3n) is 4.92. The summed E-state index contributed by atoms with van der Waals surface area (Å²) in [6.07, 6.45) is 2.69. The van der Waals surface area contributed by atoms with Gasteiger partial charge >= 0.3 is 11.6 Å². The lowest BCUT2D eigenvalue weighted by Crippen LogP contribution is -2.25. The molecule has 1 amide bonds. The highest BCUT2D eigenvalue weighted by atomic mass is 79.9. The Morgan fingerprint density at radius 1 is 1.31 bits per heavy atom. The topological polar surface area (TPSA) is 103 Å². The fraction of sp³-hybridized carbons (Fsp3) is 0.300. The number of rotatable bonds is 4. The highest BCUT2D eigenvalue weighted by Crippen LogP contribution is 2.23. The van der Waals surface area contributed by atoms with Crippen LogP contribution in [0.1, 0.15) is 45.1 Å². The van der Waals surface area contributed by atoms with Crippen LogP contribution in [0.15, 0.2) is 37.9 Å². The third kappa shape index (κ3) is 3.69. The summed E-state index contributed by atoms with van der Waals surface area (Å²) in [6.45, 7) is 0.744. The van der Waals surface area contributed by atoms with Gasteiger partial charge in [-0.3, -0.25) is 9.48 Å². The minimum Gasteiger partial charge on any atom is -0.465 e. The van der Waals surface area contributed by atoms with Crippen molar-refractivity contribution in [3.8, 4) is 0 Å². The molecule has 0 radical (unpaired) electrons. The van der Waals surface area contributed by atoms with Crippen LogP contribution in [0.4, 0.5) is 0 Å². The molecule has 0 fully saturated rings. The third-order valence-corrected chi connectivity index (χ3v) is 5.41. The Morgan fingerprint density at radius 3 is 2.93 bits per heavy atom. The summed E-state index contributed by atoms with van der Waals surface area (Å²) in [5.74, 6) is -1.14. The van der Waals surface area contributed by atoms with E-state index in [9.17, 15) is 14.4 Å². The lowest BCUT2D eigenvalue weighted by atomic mass is 10.0. The van der Waals surface area contributed by atoms with E-state index in [4.69, 9.17) is 9.15 Å². The van der Waals surface area contributed by atoms with Crippen molar-refractivity contribution >= 4 is 38.6 Å². The normalized spacial score (nSPS) is 13.2. The number of ether oxygens (including phenoxy) is 1. The number of methoxy groups -OCH3 is 1. The van der Waals surface area contributed by atoms with Crippen molar-refractivity contribution in [1.82, 2.24) is 15.1 Å². The molecule has 3 heterocycles. The molecule has 1 aliphatic heterocycles. The molecule has 3 aromatic rings. The number of hydrogen-bond donors (Lipinski definition) is 1. The molecular formula is C20H18BrN3O5. The van der Waals surface area contributed by atoms with E-state index in [0.717, 1.165) is 36.0 Å². The molecule has 1 aliphatic rings. The Labute approximate surface area is 174 Å². The zero-order valence-electron chi connectivity index (χ0n) is 15.7. The number of hydrogen-bond acceptors (Lipinski definition) is 6. The number of carbonyl (C=O) groups is 2. The van der Waals surface area contributed by atoms with E-state index in [1.54, 1.807) is 22.9 Å². The largest absolute Gasteiger partial charge is 0.465 e. The van der Waals surface area contributed by atoms with Crippen molar-refractivity contribution in [3.05, 3.63) is 61.9 Å². The Kier molecular flexibility index (Phi) is 5.23. The van der Waals surface area contributed by atoms with Gasteiger partial charge < -0.3 is 14.5 Å². The van der Waals surface area contributed by atoms with Gasteiger partial charge in [0.1, 0.15) is 5.56 Å². The second-order valence-corrected chi connectivity index (χ2v) is 7.67. The van der Waals surface area contributed by atoms with Gasteiger partial charge in [-0.2, -0.15) is 5.10 Å². The standard InChI is InChI=1S/C20H18BrN3O5/c1-28-20(27)17-14(23-24-7-3-2-4-15(17)24)10-22-18(25)16-8-11-5-6-12(21)9-13(11)19(26)29-16/h5-6,8-9H,2-4,7,10H2,1H3,(H,22,25). The van der Waals surface area contributed by atoms with Gasteiger partial charge in [0.05, 0.1) is 30.4 Å². The summed E-state index contributed by atoms with van der Waals surface area (Å²) < 4.78 is 12.6. The van der Waals surface area contributed by atoms with Crippen molar-refractivity contribution in [1.29, 1.82) is 0 Å². The number of esters is 1. The fourth-order valence-corrected chi connectivity index (χ4v) is 3.89. The summed E-state index contributed by atoms with van der Waals surface area (Å²) in [5.41, 5.74) is 1.07. The molecule has 0 saturated carbocycles. The molecule has 4 rings (SSSR count). The quantitative estimate of drug-likeness (QED) is 0.601. The van der Waals surface area contributed by atoms with Crippen molar-refractivity contribution in [3.63, 3.8) is 0 Å². The van der Waals surface area contributed by atoms with Gasteiger partial charge in [0.25, 0.3) is 5.91 Å². The van der Waals surface area contributed by atoms with Crippen molar-refractivity contribution in [2.45, 2.75) is 32.4 Å². The molecule has 1 N–H and O–H groups in total. The van der Waals surface area contributed by atoms with E-state index in [1.807, 2.05) is 0 Å². The van der Waals surface area contributed by atoms with Crippen LogP contribution in [0.2, 0.25) is 0 Å². The number of amides is 1. The average molecular weight is 460 g/mol. The highest BCUT2D eigenvalue weighted by molar-refractivity contribution is 9.10. The summed E-state index contributed by atoms with van der Waals surface area (Å²) in [7, 11) is 1.32. The lowest BCUT2D eigenvalue weighted by molar-refractivity contribution is 0.0596. The van der Waals surface area contributed by atoms with E-state index >= 15 is 0 Å². The lowest BCUT2D eigenvalue weighted by Gasteiger charge is -2.13. The van der Waals surface area contributed by atoms with E-state index in [0.29, 0.717) is 22.0 Å². The Morgan fingerprint density at radius 2 is 2.14 bits per heavy atom.